The topological polar surface area (TPSA) is 26.3 Å². The SMILES string of the molecule is C=C1C(=O)O[C@@H]2C3CC3(C)CC/C=C(/[CH2-])CC[C@@H]12.[Y]. The molecule has 101 valence electrons. The van der Waals surface area contributed by atoms with Crippen molar-refractivity contribution in [2.75, 3.05) is 0 Å². The van der Waals surface area contributed by atoms with Gasteiger partial charge in [-0.1, -0.05) is 26.3 Å². The van der Waals surface area contributed by atoms with Gasteiger partial charge in [0, 0.05) is 50.1 Å². The Hall–Kier alpha value is -0.0761. The van der Waals surface area contributed by atoms with E-state index in [1.165, 1.54) is 18.4 Å². The molecule has 0 aromatic heterocycles. The fraction of sp³-hybridized carbons (Fsp3) is 0.625. The summed E-state index contributed by atoms with van der Waals surface area (Å²) in [7, 11) is 0. The number of hydrogen-bond acceptors (Lipinski definition) is 2. The summed E-state index contributed by atoms with van der Waals surface area (Å²) in [5.41, 5.74) is 2.24. The molecule has 3 aliphatic rings. The van der Waals surface area contributed by atoms with Gasteiger partial charge in [0.25, 0.3) is 0 Å². The third-order valence-corrected chi connectivity index (χ3v) is 5.09. The van der Waals surface area contributed by atoms with Crippen LogP contribution in [-0.2, 0) is 42.2 Å². The molecule has 1 aliphatic heterocycles. The minimum Gasteiger partial charge on any atom is -0.458 e. The van der Waals surface area contributed by atoms with Crippen molar-refractivity contribution in [3.8, 4) is 0 Å². The Morgan fingerprint density at radius 1 is 1.53 bits per heavy atom. The van der Waals surface area contributed by atoms with Gasteiger partial charge in [-0.05, 0) is 18.3 Å². The number of hydrogen-bond donors (Lipinski definition) is 0. The van der Waals surface area contributed by atoms with E-state index in [2.05, 4.69) is 26.5 Å². The van der Waals surface area contributed by atoms with Crippen molar-refractivity contribution >= 4 is 5.97 Å². The number of carbonyl (C=O) groups is 1. The van der Waals surface area contributed by atoms with Crippen LogP contribution >= 0.6 is 0 Å². The van der Waals surface area contributed by atoms with E-state index in [1.807, 2.05) is 0 Å². The summed E-state index contributed by atoms with van der Waals surface area (Å²) in [6, 6.07) is 0. The van der Waals surface area contributed by atoms with E-state index < -0.39 is 0 Å². The minimum atomic E-state index is -0.173. The van der Waals surface area contributed by atoms with E-state index in [0.717, 1.165) is 19.3 Å². The van der Waals surface area contributed by atoms with Gasteiger partial charge in [-0.3, -0.25) is 0 Å². The molecular weight excluding hydrogens is 313 g/mol. The van der Waals surface area contributed by atoms with Crippen molar-refractivity contribution in [3.63, 3.8) is 0 Å². The molecule has 0 N–H and O–H groups in total. The minimum absolute atomic E-state index is 0. The van der Waals surface area contributed by atoms with Crippen LogP contribution in [-0.4, -0.2) is 12.1 Å². The third-order valence-electron chi connectivity index (χ3n) is 5.09. The summed E-state index contributed by atoms with van der Waals surface area (Å²) in [6.07, 6.45) is 7.75. The second-order valence-corrected chi connectivity index (χ2v) is 6.41. The van der Waals surface area contributed by atoms with Crippen LogP contribution in [0, 0.1) is 24.2 Å². The Balaban J connectivity index is 0.00000133. The van der Waals surface area contributed by atoms with Crippen molar-refractivity contribution in [2.45, 2.75) is 45.1 Å². The van der Waals surface area contributed by atoms with Crippen molar-refractivity contribution in [1.82, 2.24) is 0 Å². The Kier molecular flexibility index (Phi) is 4.33. The van der Waals surface area contributed by atoms with Gasteiger partial charge in [-0.25, -0.2) is 23.4 Å². The fourth-order valence-electron chi connectivity index (χ4n) is 3.62. The Morgan fingerprint density at radius 2 is 2.26 bits per heavy atom. The molecule has 0 amide bonds. The van der Waals surface area contributed by atoms with Gasteiger partial charge in [-0.2, -0.15) is 0 Å². The smallest absolute Gasteiger partial charge is 0.334 e. The Bertz CT molecular complexity index is 440. The molecule has 2 nitrogen and oxygen atoms in total. The van der Waals surface area contributed by atoms with E-state index in [-0.39, 0.29) is 50.7 Å². The summed E-state index contributed by atoms with van der Waals surface area (Å²) in [4.78, 5) is 11.7. The summed E-state index contributed by atoms with van der Waals surface area (Å²) < 4.78 is 5.59. The number of fused-ring (bicyclic) bond motifs is 3. The van der Waals surface area contributed by atoms with Gasteiger partial charge in [0.1, 0.15) is 6.10 Å². The molecule has 0 aromatic carbocycles. The summed E-state index contributed by atoms with van der Waals surface area (Å²) in [5.74, 6) is 0.589. The number of rotatable bonds is 0. The number of esters is 1. The van der Waals surface area contributed by atoms with Crippen LogP contribution in [0.2, 0.25) is 0 Å². The van der Waals surface area contributed by atoms with Crippen LogP contribution in [0.25, 0.3) is 0 Å². The molecule has 4 atom stereocenters. The maximum atomic E-state index is 11.7. The van der Waals surface area contributed by atoms with E-state index in [4.69, 9.17) is 4.74 Å². The van der Waals surface area contributed by atoms with Crippen LogP contribution in [0.1, 0.15) is 39.0 Å². The molecule has 0 spiro atoms. The third kappa shape index (κ3) is 2.71. The van der Waals surface area contributed by atoms with Crippen molar-refractivity contribution < 1.29 is 42.2 Å². The molecule has 0 bridgehead atoms. The molecular formula is C16H21O2Y-. The van der Waals surface area contributed by atoms with Gasteiger partial charge in [0.15, 0.2) is 0 Å². The first-order valence-corrected chi connectivity index (χ1v) is 6.92. The second kappa shape index (κ2) is 5.37. The molecule has 2 aliphatic carbocycles. The van der Waals surface area contributed by atoms with E-state index in [1.54, 1.807) is 0 Å². The first-order chi connectivity index (χ1) is 8.51. The van der Waals surface area contributed by atoms with Crippen LogP contribution in [0.5, 0.6) is 0 Å². The van der Waals surface area contributed by atoms with Crippen molar-refractivity contribution in [3.05, 3.63) is 30.7 Å². The molecule has 1 saturated carbocycles. The summed E-state index contributed by atoms with van der Waals surface area (Å²) in [6.45, 7) is 10.4. The largest absolute Gasteiger partial charge is 0.458 e. The Labute approximate surface area is 140 Å². The van der Waals surface area contributed by atoms with Gasteiger partial charge in [0.2, 0.25) is 0 Å². The predicted molar refractivity (Wildman–Crippen MR) is 70.6 cm³/mol. The molecule has 19 heavy (non-hydrogen) atoms. The quantitative estimate of drug-likeness (QED) is 0.385. The maximum Gasteiger partial charge on any atom is 0.334 e. The van der Waals surface area contributed by atoms with Crippen molar-refractivity contribution in [2.24, 2.45) is 17.3 Å². The van der Waals surface area contributed by atoms with Crippen LogP contribution in [0.15, 0.2) is 23.8 Å². The van der Waals surface area contributed by atoms with Crippen LogP contribution in [0.4, 0.5) is 0 Å². The zero-order chi connectivity index (χ0) is 12.9. The van der Waals surface area contributed by atoms with Gasteiger partial charge < -0.3 is 4.74 Å². The molecule has 0 aromatic rings. The molecule has 3 rings (SSSR count). The first kappa shape index (κ1) is 15.3. The number of carbonyl (C=O) groups excluding carboxylic acids is 1. The fourth-order valence-corrected chi connectivity index (χ4v) is 3.62. The van der Waals surface area contributed by atoms with Gasteiger partial charge in [-0.15, -0.1) is 6.42 Å². The number of allylic oxidation sites excluding steroid dienone is 2. The molecule has 1 radical (unpaired) electrons. The zero-order valence-corrected chi connectivity index (χ0v) is 14.5. The second-order valence-electron chi connectivity index (χ2n) is 6.41. The van der Waals surface area contributed by atoms with E-state index in [9.17, 15) is 4.79 Å². The normalized spacial score (nSPS) is 44.1. The summed E-state index contributed by atoms with van der Waals surface area (Å²) in [5, 5.41) is 0. The number of ether oxygens (including phenoxy) is 1. The average Bonchev–Trinajstić information content (AvgIpc) is 2.90. The van der Waals surface area contributed by atoms with E-state index in [0.29, 0.717) is 16.9 Å². The molecule has 1 saturated heterocycles. The maximum absolute atomic E-state index is 11.7. The molecule has 2 fully saturated rings. The van der Waals surface area contributed by atoms with Gasteiger partial charge >= 0.3 is 5.97 Å². The summed E-state index contributed by atoms with van der Waals surface area (Å²) >= 11 is 0. The molecule has 2 unspecified atom stereocenters. The van der Waals surface area contributed by atoms with Gasteiger partial charge in [0.05, 0.1) is 0 Å². The Morgan fingerprint density at radius 3 is 3.00 bits per heavy atom. The predicted octanol–water partition coefficient (Wildman–Crippen LogP) is 3.44. The van der Waals surface area contributed by atoms with Crippen LogP contribution in [0.3, 0.4) is 0 Å². The standard InChI is InChI=1S/C16H21O2.Y/c1-10-5-4-8-16(3)9-13(16)14-12(7-6-10)11(2)15(17)18-14;/h5,12-14H,1-2,4,6-9H2,3H3;/q-1;/b10-5-;/t12-,13?,14-,16?;/m0./s1. The first-order valence-electron chi connectivity index (χ1n) is 6.92. The van der Waals surface area contributed by atoms with Crippen molar-refractivity contribution in [1.29, 1.82) is 0 Å². The monoisotopic (exact) mass is 334 g/mol. The average molecular weight is 334 g/mol. The molecule has 3 heteroatoms. The van der Waals surface area contributed by atoms with Crippen LogP contribution < -0.4 is 0 Å². The zero-order valence-electron chi connectivity index (χ0n) is 11.7. The molecule has 1 heterocycles. The van der Waals surface area contributed by atoms with E-state index >= 15 is 0 Å².